The highest BCUT2D eigenvalue weighted by Crippen LogP contribution is 2.30. The van der Waals surface area contributed by atoms with E-state index in [0.29, 0.717) is 13.1 Å². The van der Waals surface area contributed by atoms with Crippen LogP contribution in [-0.2, 0) is 22.8 Å². The smallest absolute Gasteiger partial charge is 0.449 e. The molecule has 25 heavy (non-hydrogen) atoms. The molecule has 0 aliphatic heterocycles. The van der Waals surface area contributed by atoms with Crippen molar-refractivity contribution < 1.29 is 27.5 Å². The normalized spacial score (nSPS) is 11.6. The van der Waals surface area contributed by atoms with E-state index in [4.69, 9.17) is 4.74 Å². The molecule has 136 valence electrons. The molecule has 0 fully saturated rings. The summed E-state index contributed by atoms with van der Waals surface area (Å²) in [6.45, 7) is 4.18. The van der Waals surface area contributed by atoms with Crippen molar-refractivity contribution in [1.82, 2.24) is 14.5 Å². The van der Waals surface area contributed by atoms with Gasteiger partial charge in [-0.2, -0.15) is 13.2 Å². The lowest BCUT2D eigenvalue weighted by atomic mass is 10.2. The van der Waals surface area contributed by atoms with Gasteiger partial charge in [0, 0.05) is 20.1 Å². The fraction of sp³-hybridized carbons (Fsp3) is 0.438. The number of halogens is 3. The van der Waals surface area contributed by atoms with Gasteiger partial charge in [0.05, 0.1) is 16.6 Å². The van der Waals surface area contributed by atoms with Crippen molar-refractivity contribution in [2.75, 3.05) is 19.7 Å². The molecule has 0 unspecified atom stereocenters. The van der Waals surface area contributed by atoms with E-state index in [-0.39, 0.29) is 22.5 Å². The third kappa shape index (κ3) is 3.92. The Bertz CT molecular complexity index is 795. The van der Waals surface area contributed by atoms with Gasteiger partial charge in [-0.05, 0) is 32.0 Å². The number of carbonyl (C=O) groups is 2. The zero-order chi connectivity index (χ0) is 18.8. The molecule has 0 aliphatic carbocycles. The van der Waals surface area contributed by atoms with E-state index in [9.17, 15) is 22.8 Å². The number of hydrogen-bond donors (Lipinski definition) is 0. The molecule has 0 N–H and O–H groups in total. The van der Waals surface area contributed by atoms with E-state index in [1.165, 1.54) is 30.1 Å². The van der Waals surface area contributed by atoms with Crippen molar-refractivity contribution >= 4 is 22.9 Å². The van der Waals surface area contributed by atoms with Gasteiger partial charge in [0.2, 0.25) is 5.82 Å². The fourth-order valence-corrected chi connectivity index (χ4v) is 2.45. The van der Waals surface area contributed by atoms with Crippen LogP contribution in [0.4, 0.5) is 13.2 Å². The van der Waals surface area contributed by atoms with Crippen molar-refractivity contribution in [3.8, 4) is 0 Å². The first-order valence-electron chi connectivity index (χ1n) is 7.67. The number of amides is 1. The van der Waals surface area contributed by atoms with Gasteiger partial charge in [-0.3, -0.25) is 4.79 Å². The maximum atomic E-state index is 12.9. The molecule has 1 amide bonds. The molecule has 0 saturated heterocycles. The van der Waals surface area contributed by atoms with E-state index < -0.39 is 24.6 Å². The summed E-state index contributed by atoms with van der Waals surface area (Å²) in [5.74, 6) is -2.17. The number of fused-ring (bicyclic) bond motifs is 1. The number of carbonyl (C=O) groups excluding carboxylic acids is 2. The lowest BCUT2D eigenvalue weighted by molar-refractivity contribution is -0.146. The number of hydrogen-bond acceptors (Lipinski definition) is 4. The molecule has 1 aromatic heterocycles. The van der Waals surface area contributed by atoms with E-state index in [0.717, 1.165) is 4.57 Å². The van der Waals surface area contributed by atoms with Gasteiger partial charge < -0.3 is 14.2 Å². The Labute approximate surface area is 142 Å². The first kappa shape index (κ1) is 18.8. The minimum absolute atomic E-state index is 0.0524. The van der Waals surface area contributed by atoms with Gasteiger partial charge in [0.15, 0.2) is 6.61 Å². The number of nitrogens with zero attached hydrogens (tertiary/aromatic N) is 3. The maximum Gasteiger partial charge on any atom is 0.449 e. The van der Waals surface area contributed by atoms with Crippen molar-refractivity contribution in [3.05, 3.63) is 29.6 Å². The number of imidazole rings is 1. The second-order valence-electron chi connectivity index (χ2n) is 5.34. The number of esters is 1. The number of ether oxygens (including phenoxy) is 1. The van der Waals surface area contributed by atoms with E-state index in [1.54, 1.807) is 13.8 Å². The Kier molecular flexibility index (Phi) is 5.34. The third-order valence-corrected chi connectivity index (χ3v) is 3.81. The maximum absolute atomic E-state index is 12.9. The summed E-state index contributed by atoms with van der Waals surface area (Å²) in [6.07, 6.45) is -4.59. The lowest BCUT2D eigenvalue weighted by Gasteiger charge is -2.18. The number of alkyl halides is 3. The van der Waals surface area contributed by atoms with Gasteiger partial charge in [-0.15, -0.1) is 0 Å². The summed E-state index contributed by atoms with van der Waals surface area (Å²) in [4.78, 5) is 28.9. The van der Waals surface area contributed by atoms with Crippen LogP contribution in [0.1, 0.15) is 30.0 Å². The van der Waals surface area contributed by atoms with Crippen LogP contribution < -0.4 is 0 Å². The topological polar surface area (TPSA) is 64.4 Å². The molecule has 2 aromatic rings. The lowest BCUT2D eigenvalue weighted by Crippen LogP contribution is -2.34. The highest BCUT2D eigenvalue weighted by atomic mass is 19.4. The van der Waals surface area contributed by atoms with Crippen LogP contribution in [0.3, 0.4) is 0 Å². The zero-order valence-corrected chi connectivity index (χ0v) is 14.1. The average Bonchev–Trinajstić information content (AvgIpc) is 2.90. The quantitative estimate of drug-likeness (QED) is 0.772. The van der Waals surface area contributed by atoms with Crippen molar-refractivity contribution in [1.29, 1.82) is 0 Å². The zero-order valence-electron chi connectivity index (χ0n) is 14.1. The molecule has 6 nitrogen and oxygen atoms in total. The number of aromatic nitrogens is 2. The van der Waals surface area contributed by atoms with Crippen LogP contribution in [-0.4, -0.2) is 46.0 Å². The molecule has 0 radical (unpaired) electrons. The number of benzene rings is 1. The van der Waals surface area contributed by atoms with Gasteiger partial charge >= 0.3 is 12.1 Å². The van der Waals surface area contributed by atoms with Crippen LogP contribution in [0, 0.1) is 0 Å². The summed E-state index contributed by atoms with van der Waals surface area (Å²) in [6, 6.07) is 3.90. The SMILES string of the molecule is CCN(CC)C(=O)COC(=O)c1ccc2nc(C(F)(F)F)n(C)c2c1. The van der Waals surface area contributed by atoms with E-state index >= 15 is 0 Å². The first-order valence-corrected chi connectivity index (χ1v) is 7.67. The second-order valence-corrected chi connectivity index (χ2v) is 5.34. The summed E-state index contributed by atoms with van der Waals surface area (Å²) < 4.78 is 44.5. The molecule has 1 heterocycles. The number of likely N-dealkylation sites (N-methyl/N-ethyl adjacent to an activating group) is 1. The second kappa shape index (κ2) is 7.12. The van der Waals surface area contributed by atoms with Gasteiger partial charge in [0.1, 0.15) is 0 Å². The van der Waals surface area contributed by atoms with E-state index in [1.807, 2.05) is 0 Å². The fourth-order valence-electron chi connectivity index (χ4n) is 2.45. The standard InChI is InChI=1S/C16H18F3N3O3/c1-4-22(5-2)13(23)9-25-14(24)10-6-7-11-12(8-10)21(3)15(20-11)16(17,18)19/h6-8H,4-5,9H2,1-3H3. The van der Waals surface area contributed by atoms with Crippen LogP contribution in [0.2, 0.25) is 0 Å². The number of rotatable bonds is 5. The molecular formula is C16H18F3N3O3. The average molecular weight is 357 g/mol. The molecule has 0 spiro atoms. The largest absolute Gasteiger partial charge is 0.452 e. The molecule has 0 bridgehead atoms. The Morgan fingerprint density at radius 3 is 2.44 bits per heavy atom. The van der Waals surface area contributed by atoms with Crippen LogP contribution >= 0.6 is 0 Å². The predicted octanol–water partition coefficient (Wildman–Crippen LogP) is 2.62. The molecule has 0 saturated carbocycles. The Morgan fingerprint density at radius 2 is 1.88 bits per heavy atom. The minimum atomic E-state index is -4.59. The summed E-state index contributed by atoms with van der Waals surface area (Å²) in [7, 11) is 1.22. The van der Waals surface area contributed by atoms with E-state index in [2.05, 4.69) is 4.98 Å². The van der Waals surface area contributed by atoms with Crippen molar-refractivity contribution in [2.24, 2.45) is 7.05 Å². The Hall–Kier alpha value is -2.58. The van der Waals surface area contributed by atoms with Crippen molar-refractivity contribution in [2.45, 2.75) is 20.0 Å². The molecule has 9 heteroatoms. The summed E-state index contributed by atoms with van der Waals surface area (Å²) >= 11 is 0. The van der Waals surface area contributed by atoms with Crippen LogP contribution in [0.15, 0.2) is 18.2 Å². The minimum Gasteiger partial charge on any atom is -0.452 e. The van der Waals surface area contributed by atoms with Gasteiger partial charge in [-0.1, -0.05) is 0 Å². The first-order chi connectivity index (χ1) is 11.7. The highest BCUT2D eigenvalue weighted by molar-refractivity contribution is 5.95. The summed E-state index contributed by atoms with van der Waals surface area (Å²) in [5.41, 5.74) is 0.319. The third-order valence-electron chi connectivity index (χ3n) is 3.81. The monoisotopic (exact) mass is 357 g/mol. The number of aryl methyl sites for hydroxylation is 1. The van der Waals surface area contributed by atoms with Crippen molar-refractivity contribution in [3.63, 3.8) is 0 Å². The van der Waals surface area contributed by atoms with Crippen LogP contribution in [0.25, 0.3) is 11.0 Å². The van der Waals surface area contributed by atoms with Gasteiger partial charge in [-0.25, -0.2) is 9.78 Å². The molecule has 0 aliphatic rings. The molecular weight excluding hydrogens is 339 g/mol. The molecule has 0 atom stereocenters. The molecule has 2 rings (SSSR count). The predicted molar refractivity (Wildman–Crippen MR) is 83.9 cm³/mol. The van der Waals surface area contributed by atoms with Crippen LogP contribution in [0.5, 0.6) is 0 Å². The Morgan fingerprint density at radius 1 is 1.24 bits per heavy atom. The van der Waals surface area contributed by atoms with Gasteiger partial charge in [0.25, 0.3) is 5.91 Å². The Balaban J connectivity index is 2.20. The highest BCUT2D eigenvalue weighted by Gasteiger charge is 2.36. The molecule has 1 aromatic carbocycles. The summed E-state index contributed by atoms with van der Waals surface area (Å²) in [5, 5.41) is 0.